The first-order valence-corrected chi connectivity index (χ1v) is 23.4. The summed E-state index contributed by atoms with van der Waals surface area (Å²) in [6.45, 7) is 0. The summed E-state index contributed by atoms with van der Waals surface area (Å²) in [7, 11) is 0. The summed E-state index contributed by atoms with van der Waals surface area (Å²) in [5.41, 5.74) is 15.2. The summed E-state index contributed by atoms with van der Waals surface area (Å²) >= 11 is 0. The number of aromatic nitrogens is 6. The van der Waals surface area contributed by atoms with Crippen LogP contribution in [0.2, 0.25) is 0 Å². The molecule has 0 radical (unpaired) electrons. The molecule has 0 spiro atoms. The predicted molar refractivity (Wildman–Crippen MR) is 285 cm³/mol. The van der Waals surface area contributed by atoms with E-state index >= 15 is 0 Å². The lowest BCUT2D eigenvalue weighted by atomic mass is 10.0. The van der Waals surface area contributed by atoms with Crippen molar-refractivity contribution in [3.8, 4) is 62.4 Å². The average Bonchev–Trinajstić information content (AvgIpc) is 4.07. The average molecular weight is 881 g/mol. The van der Waals surface area contributed by atoms with E-state index in [-0.39, 0.29) is 0 Å². The highest BCUT2D eigenvalue weighted by Gasteiger charge is 2.24. The number of nitrogens with zero attached hydrogens (tertiary/aromatic N) is 6. The Morgan fingerprint density at radius 1 is 0.232 bits per heavy atom. The second-order valence-corrected chi connectivity index (χ2v) is 17.6. The van der Waals surface area contributed by atoms with Crippen molar-refractivity contribution in [1.82, 2.24) is 28.7 Å². The van der Waals surface area contributed by atoms with Crippen LogP contribution in [0, 0.1) is 0 Å². The van der Waals surface area contributed by atoms with Crippen LogP contribution >= 0.6 is 0 Å². The summed E-state index contributed by atoms with van der Waals surface area (Å²) in [6, 6.07) is 86.3. The van der Waals surface area contributed by atoms with Crippen LogP contribution in [0.4, 0.5) is 0 Å². The lowest BCUT2D eigenvalue weighted by Crippen LogP contribution is -2.07. The highest BCUT2D eigenvalue weighted by Crippen LogP contribution is 2.43. The Hall–Kier alpha value is -9.39. The van der Waals surface area contributed by atoms with Gasteiger partial charge in [0.2, 0.25) is 5.95 Å². The smallest absolute Gasteiger partial charge is 0.238 e. The van der Waals surface area contributed by atoms with Crippen molar-refractivity contribution in [3.05, 3.63) is 243 Å². The Morgan fingerprint density at radius 3 is 1.17 bits per heavy atom. The molecule has 0 atom stereocenters. The molecule has 0 saturated heterocycles. The van der Waals surface area contributed by atoms with E-state index in [0.717, 1.165) is 82.8 Å². The minimum Gasteiger partial charge on any atom is -0.309 e. The van der Waals surface area contributed by atoms with Crippen LogP contribution < -0.4 is 0 Å². The Morgan fingerprint density at radius 2 is 0.609 bits per heavy atom. The third kappa shape index (κ3) is 6.23. The summed E-state index contributed by atoms with van der Waals surface area (Å²) < 4.78 is 7.11. The van der Waals surface area contributed by atoms with E-state index in [2.05, 4.69) is 232 Å². The van der Waals surface area contributed by atoms with Crippen molar-refractivity contribution in [2.24, 2.45) is 0 Å². The first-order valence-electron chi connectivity index (χ1n) is 23.4. The standard InChI is InChI=1S/C63H40N6/c1-4-16-41(17-5-1)43-28-30-46(31-29-43)62-64-61(45-20-8-3-9-21-45)65-63(66-62)69-57-27-15-12-24-51(57)52-37-38-53-54-40-48(67-55-25-13-10-22-49(55)50-23-11-14-26-56(50)67)36-39-58(54)68(59(53)60(52)69)47-34-32-44(33-35-47)42-18-6-2-7-19-42/h1-40H. The molecule has 0 N–H and O–H groups in total. The molecule has 10 aromatic carbocycles. The molecule has 0 aliphatic heterocycles. The maximum atomic E-state index is 5.42. The minimum absolute atomic E-state index is 0.548. The van der Waals surface area contributed by atoms with Gasteiger partial charge in [-0.15, -0.1) is 0 Å². The molecule has 6 heteroatoms. The van der Waals surface area contributed by atoms with Crippen LogP contribution in [0.3, 0.4) is 0 Å². The molecule has 4 aromatic heterocycles. The van der Waals surface area contributed by atoms with Crippen molar-refractivity contribution in [2.45, 2.75) is 0 Å². The highest BCUT2D eigenvalue weighted by atomic mass is 15.2. The van der Waals surface area contributed by atoms with E-state index in [4.69, 9.17) is 15.0 Å². The summed E-state index contributed by atoms with van der Waals surface area (Å²) in [4.78, 5) is 16.0. The topological polar surface area (TPSA) is 53.5 Å². The van der Waals surface area contributed by atoms with Gasteiger partial charge in [-0.3, -0.25) is 4.57 Å². The fraction of sp³-hybridized carbons (Fsp3) is 0. The van der Waals surface area contributed by atoms with Gasteiger partial charge in [0.15, 0.2) is 11.6 Å². The molecule has 322 valence electrons. The number of benzene rings is 10. The van der Waals surface area contributed by atoms with Crippen LogP contribution in [0.15, 0.2) is 243 Å². The molecular formula is C63H40N6. The molecule has 0 unspecified atom stereocenters. The zero-order valence-electron chi connectivity index (χ0n) is 37.3. The van der Waals surface area contributed by atoms with Gasteiger partial charge in [-0.25, -0.2) is 4.98 Å². The van der Waals surface area contributed by atoms with Crippen molar-refractivity contribution >= 4 is 65.4 Å². The fourth-order valence-corrected chi connectivity index (χ4v) is 10.5. The van der Waals surface area contributed by atoms with E-state index in [1.807, 2.05) is 24.3 Å². The number of hydrogen-bond acceptors (Lipinski definition) is 3. The normalized spacial score (nSPS) is 11.8. The molecule has 0 aliphatic carbocycles. The molecule has 0 amide bonds. The third-order valence-electron chi connectivity index (χ3n) is 13.7. The Kier molecular flexibility index (Phi) is 8.79. The Bertz CT molecular complexity index is 4210. The van der Waals surface area contributed by atoms with Gasteiger partial charge in [0.25, 0.3) is 0 Å². The summed E-state index contributed by atoms with van der Waals surface area (Å²) in [5.74, 6) is 1.75. The Labute approximate surface area is 397 Å². The van der Waals surface area contributed by atoms with Gasteiger partial charge in [0, 0.05) is 54.8 Å². The summed E-state index contributed by atoms with van der Waals surface area (Å²) in [5, 5.41) is 6.98. The number of rotatable bonds is 7. The van der Waals surface area contributed by atoms with Crippen molar-refractivity contribution in [2.75, 3.05) is 0 Å². The number of fused-ring (bicyclic) bond motifs is 10. The molecule has 4 heterocycles. The van der Waals surface area contributed by atoms with Gasteiger partial charge in [-0.1, -0.05) is 194 Å². The maximum absolute atomic E-state index is 5.42. The second kappa shape index (κ2) is 15.6. The molecule has 0 saturated carbocycles. The van der Waals surface area contributed by atoms with Gasteiger partial charge in [0.1, 0.15) is 0 Å². The van der Waals surface area contributed by atoms with E-state index in [1.165, 1.54) is 27.4 Å². The zero-order valence-corrected chi connectivity index (χ0v) is 37.3. The quantitative estimate of drug-likeness (QED) is 0.160. The SMILES string of the molecule is c1ccc(-c2ccc(-c3nc(-c4ccccc4)nc(-n4c5ccccc5c5ccc6c7cc(-n8c9ccccc9c9ccccc98)ccc7n(-c7ccc(-c8ccccc8)cc7)c6c54)n3)cc2)cc1. The fourth-order valence-electron chi connectivity index (χ4n) is 10.5. The van der Waals surface area contributed by atoms with Gasteiger partial charge >= 0.3 is 0 Å². The van der Waals surface area contributed by atoms with Crippen molar-refractivity contribution in [1.29, 1.82) is 0 Å². The van der Waals surface area contributed by atoms with E-state index in [9.17, 15) is 0 Å². The van der Waals surface area contributed by atoms with Crippen LogP contribution in [0.1, 0.15) is 0 Å². The first-order chi connectivity index (χ1) is 34.2. The van der Waals surface area contributed by atoms with E-state index in [1.54, 1.807) is 0 Å². The largest absolute Gasteiger partial charge is 0.309 e. The lowest BCUT2D eigenvalue weighted by molar-refractivity contribution is 0.953. The molecule has 69 heavy (non-hydrogen) atoms. The van der Waals surface area contributed by atoms with Gasteiger partial charge in [-0.05, 0) is 70.8 Å². The lowest BCUT2D eigenvalue weighted by Gasteiger charge is -2.14. The molecular weight excluding hydrogens is 841 g/mol. The van der Waals surface area contributed by atoms with Crippen LogP contribution in [-0.2, 0) is 0 Å². The first kappa shape index (κ1) is 38.8. The van der Waals surface area contributed by atoms with Crippen LogP contribution in [0.25, 0.3) is 128 Å². The van der Waals surface area contributed by atoms with E-state index < -0.39 is 0 Å². The molecule has 0 aliphatic rings. The highest BCUT2D eigenvalue weighted by molar-refractivity contribution is 6.24. The zero-order chi connectivity index (χ0) is 45.4. The molecule has 0 bridgehead atoms. The van der Waals surface area contributed by atoms with E-state index in [0.29, 0.717) is 17.6 Å². The predicted octanol–water partition coefficient (Wildman–Crippen LogP) is 15.8. The number of para-hydroxylation sites is 3. The van der Waals surface area contributed by atoms with Crippen molar-refractivity contribution < 1.29 is 0 Å². The summed E-state index contributed by atoms with van der Waals surface area (Å²) in [6.07, 6.45) is 0. The van der Waals surface area contributed by atoms with Gasteiger partial charge in [-0.2, -0.15) is 9.97 Å². The van der Waals surface area contributed by atoms with Gasteiger partial charge < -0.3 is 9.13 Å². The van der Waals surface area contributed by atoms with Gasteiger partial charge in [0.05, 0.1) is 33.1 Å². The molecule has 14 rings (SSSR count). The monoisotopic (exact) mass is 880 g/mol. The molecule has 14 aromatic rings. The minimum atomic E-state index is 0.548. The second-order valence-electron chi connectivity index (χ2n) is 17.6. The number of hydrogen-bond donors (Lipinski definition) is 0. The molecule has 0 fully saturated rings. The van der Waals surface area contributed by atoms with Crippen LogP contribution in [-0.4, -0.2) is 28.7 Å². The molecule has 6 nitrogen and oxygen atoms in total. The maximum Gasteiger partial charge on any atom is 0.238 e. The Balaban J connectivity index is 1.07. The van der Waals surface area contributed by atoms with Crippen LogP contribution in [0.5, 0.6) is 0 Å². The third-order valence-corrected chi connectivity index (χ3v) is 13.7. The van der Waals surface area contributed by atoms with Crippen molar-refractivity contribution in [3.63, 3.8) is 0 Å².